The number of halogens is 3. The molecule has 3 N–H and O–H groups in total. The van der Waals surface area contributed by atoms with E-state index in [9.17, 15) is 18.7 Å². The second-order valence-corrected chi connectivity index (χ2v) is 4.10. The number of methoxy groups -OCH3 is 2. The molecule has 1 rings (SSSR count). The molecule has 0 aromatic heterocycles. The molecule has 22 heavy (non-hydrogen) atoms. The first-order valence-electron chi connectivity index (χ1n) is 6.05. The highest BCUT2D eigenvalue weighted by Gasteiger charge is 2.48. The van der Waals surface area contributed by atoms with Gasteiger partial charge in [-0.2, -0.15) is 8.78 Å². The van der Waals surface area contributed by atoms with E-state index in [1.54, 1.807) is 0 Å². The van der Waals surface area contributed by atoms with Gasteiger partial charge in [-0.25, -0.2) is 4.79 Å². The molecule has 0 amide bonds. The van der Waals surface area contributed by atoms with E-state index in [-0.39, 0.29) is 41.8 Å². The third-order valence-corrected chi connectivity index (χ3v) is 2.80. The lowest BCUT2D eigenvalue weighted by atomic mass is 10.0. The maximum absolute atomic E-state index is 13.9. The van der Waals surface area contributed by atoms with Crippen LogP contribution in [-0.4, -0.2) is 37.8 Å². The Bertz CT molecular complexity index is 502. The summed E-state index contributed by atoms with van der Waals surface area (Å²) in [6.07, 6.45) is 0. The van der Waals surface area contributed by atoms with Crippen molar-refractivity contribution in [2.24, 2.45) is 5.73 Å². The minimum atomic E-state index is -3.93. The third kappa shape index (κ3) is 3.89. The van der Waals surface area contributed by atoms with Crippen LogP contribution in [-0.2, 0) is 9.53 Å². The molecule has 0 aliphatic rings. The number of alkyl halides is 2. The molecule has 1 aromatic rings. The van der Waals surface area contributed by atoms with E-state index in [4.69, 9.17) is 15.2 Å². The van der Waals surface area contributed by atoms with E-state index in [1.165, 1.54) is 21.1 Å². The lowest BCUT2D eigenvalue weighted by Gasteiger charge is -2.23. The molecule has 1 atom stereocenters. The van der Waals surface area contributed by atoms with E-state index in [0.717, 1.165) is 12.1 Å². The molecule has 9 heteroatoms. The summed E-state index contributed by atoms with van der Waals surface area (Å²) in [6, 6.07) is 0.241. The van der Waals surface area contributed by atoms with Crippen LogP contribution in [0.5, 0.6) is 17.2 Å². The summed E-state index contributed by atoms with van der Waals surface area (Å²) in [7, 11) is 2.49. The minimum absolute atomic E-state index is 0. The number of ether oxygens (including phenoxy) is 3. The Balaban J connectivity index is 0.00000441. The van der Waals surface area contributed by atoms with Crippen molar-refractivity contribution >= 4 is 18.4 Å². The number of hydrogen-bond acceptors (Lipinski definition) is 6. The average Bonchev–Trinajstić information content (AvgIpc) is 2.46. The monoisotopic (exact) mass is 341 g/mol. The van der Waals surface area contributed by atoms with Gasteiger partial charge in [0.2, 0.25) is 5.75 Å². The van der Waals surface area contributed by atoms with Gasteiger partial charge < -0.3 is 25.1 Å². The summed E-state index contributed by atoms with van der Waals surface area (Å²) in [5, 5.41) is 9.72. The normalized spacial score (nSPS) is 12.1. The number of carbonyl (C=O) groups is 1. The van der Waals surface area contributed by atoms with Crippen LogP contribution in [0.2, 0.25) is 0 Å². The fourth-order valence-corrected chi connectivity index (χ4v) is 1.66. The van der Waals surface area contributed by atoms with Gasteiger partial charge in [0.15, 0.2) is 11.5 Å². The van der Waals surface area contributed by atoms with Crippen LogP contribution in [0.4, 0.5) is 8.78 Å². The molecule has 0 saturated carbocycles. The molecule has 6 nitrogen and oxygen atoms in total. The lowest BCUT2D eigenvalue weighted by Crippen LogP contribution is -2.41. The number of carbonyl (C=O) groups excluding carboxylic acids is 1. The van der Waals surface area contributed by atoms with Crippen molar-refractivity contribution < 1.29 is 32.9 Å². The van der Waals surface area contributed by atoms with Crippen molar-refractivity contribution in [1.82, 2.24) is 0 Å². The number of hydrogen-bond donors (Lipinski definition) is 2. The van der Waals surface area contributed by atoms with Gasteiger partial charge in [0.25, 0.3) is 0 Å². The van der Waals surface area contributed by atoms with Crippen LogP contribution in [0.1, 0.15) is 18.5 Å². The van der Waals surface area contributed by atoms with E-state index >= 15 is 0 Å². The van der Waals surface area contributed by atoms with Gasteiger partial charge in [0.1, 0.15) is 6.04 Å². The first-order chi connectivity index (χ1) is 9.79. The predicted octanol–water partition coefficient (Wildman–Crippen LogP) is 2.03. The third-order valence-electron chi connectivity index (χ3n) is 2.80. The average molecular weight is 342 g/mol. The van der Waals surface area contributed by atoms with Crippen molar-refractivity contribution in [3.8, 4) is 17.2 Å². The van der Waals surface area contributed by atoms with E-state index in [0.29, 0.717) is 0 Å². The maximum atomic E-state index is 13.9. The van der Waals surface area contributed by atoms with Crippen LogP contribution in [0.25, 0.3) is 0 Å². The SMILES string of the molecule is CCOC(=O)C(F)(F)[C@H](N)c1cc(OC)c(O)c(OC)c1.Cl. The van der Waals surface area contributed by atoms with Gasteiger partial charge in [-0.15, -0.1) is 12.4 Å². The van der Waals surface area contributed by atoms with Gasteiger partial charge in [-0.05, 0) is 24.6 Å². The zero-order valence-electron chi connectivity index (χ0n) is 12.3. The first kappa shape index (κ1) is 20.2. The molecule has 0 unspecified atom stereocenters. The van der Waals surface area contributed by atoms with Gasteiger partial charge in [-0.1, -0.05) is 0 Å². The highest BCUT2D eigenvalue weighted by molar-refractivity contribution is 5.85. The van der Waals surface area contributed by atoms with Crippen molar-refractivity contribution in [3.63, 3.8) is 0 Å². The van der Waals surface area contributed by atoms with Gasteiger partial charge >= 0.3 is 11.9 Å². The standard InChI is InChI=1S/C13H17F2NO5.ClH/c1-4-21-12(18)13(14,15)11(16)7-5-8(19-2)10(17)9(6-7)20-3;/h5-6,11,17H,4,16H2,1-3H3;1H/t11-;/m1./s1. The molecule has 0 aliphatic heterocycles. The minimum Gasteiger partial charge on any atom is -0.502 e. The number of nitrogens with two attached hydrogens (primary N) is 1. The second-order valence-electron chi connectivity index (χ2n) is 4.10. The highest BCUT2D eigenvalue weighted by Crippen LogP contribution is 2.41. The molecule has 0 aliphatic carbocycles. The molecule has 126 valence electrons. The van der Waals surface area contributed by atoms with Gasteiger partial charge in [-0.3, -0.25) is 0 Å². The Labute approximate surface area is 132 Å². The molecule has 0 radical (unpaired) electrons. The maximum Gasteiger partial charge on any atom is 0.379 e. The molecule has 1 aromatic carbocycles. The number of benzene rings is 1. The molecule has 0 heterocycles. The first-order valence-corrected chi connectivity index (χ1v) is 6.05. The van der Waals surface area contributed by atoms with E-state index in [1.807, 2.05) is 0 Å². The Kier molecular flexibility index (Phi) is 7.34. The van der Waals surface area contributed by atoms with Crippen molar-refractivity contribution in [1.29, 1.82) is 0 Å². The Morgan fingerprint density at radius 2 is 1.77 bits per heavy atom. The Morgan fingerprint density at radius 1 is 1.32 bits per heavy atom. The Morgan fingerprint density at radius 3 is 2.14 bits per heavy atom. The van der Waals surface area contributed by atoms with Crippen LogP contribution in [0.15, 0.2) is 12.1 Å². The lowest BCUT2D eigenvalue weighted by molar-refractivity contribution is -0.174. The van der Waals surface area contributed by atoms with Crippen LogP contribution in [0, 0.1) is 0 Å². The summed E-state index contributed by atoms with van der Waals surface area (Å²) in [6.45, 7) is 1.22. The van der Waals surface area contributed by atoms with Crippen molar-refractivity contribution in [3.05, 3.63) is 17.7 Å². The number of esters is 1. The van der Waals surface area contributed by atoms with Crippen molar-refractivity contribution in [2.75, 3.05) is 20.8 Å². The molecular formula is C13H18ClF2NO5. The summed E-state index contributed by atoms with van der Waals surface area (Å²) >= 11 is 0. The van der Waals surface area contributed by atoms with Gasteiger partial charge in [0, 0.05) is 0 Å². The summed E-state index contributed by atoms with van der Waals surface area (Å²) in [4.78, 5) is 11.3. The highest BCUT2D eigenvalue weighted by atomic mass is 35.5. The smallest absolute Gasteiger partial charge is 0.379 e. The van der Waals surface area contributed by atoms with Crippen LogP contribution in [0.3, 0.4) is 0 Å². The fourth-order valence-electron chi connectivity index (χ4n) is 1.66. The van der Waals surface area contributed by atoms with Crippen molar-refractivity contribution in [2.45, 2.75) is 18.9 Å². The van der Waals surface area contributed by atoms with Gasteiger partial charge in [0.05, 0.1) is 20.8 Å². The zero-order chi connectivity index (χ0) is 16.2. The summed E-state index contributed by atoms with van der Waals surface area (Å²) in [5.74, 6) is -6.19. The number of aromatic hydroxyl groups is 1. The molecule has 0 fully saturated rings. The van der Waals surface area contributed by atoms with Crippen LogP contribution >= 0.6 is 12.4 Å². The van der Waals surface area contributed by atoms with E-state index in [2.05, 4.69) is 4.74 Å². The molecule has 0 saturated heterocycles. The number of rotatable bonds is 6. The predicted molar refractivity (Wildman–Crippen MR) is 77.0 cm³/mol. The Hall–Kier alpha value is -1.80. The summed E-state index contributed by atoms with van der Waals surface area (Å²) in [5.41, 5.74) is 5.32. The largest absolute Gasteiger partial charge is 0.502 e. The second kappa shape index (κ2) is 8.00. The molecule has 0 bridgehead atoms. The summed E-state index contributed by atoms with van der Waals surface area (Å²) < 4.78 is 41.8. The zero-order valence-corrected chi connectivity index (χ0v) is 13.1. The number of phenolic OH excluding ortho intramolecular Hbond substituents is 1. The number of phenols is 1. The topological polar surface area (TPSA) is 91.0 Å². The fraction of sp³-hybridized carbons (Fsp3) is 0.462. The van der Waals surface area contributed by atoms with Crippen LogP contribution < -0.4 is 15.2 Å². The molecule has 0 spiro atoms. The quantitative estimate of drug-likeness (QED) is 0.769. The van der Waals surface area contributed by atoms with E-state index < -0.39 is 17.9 Å². The molecular weight excluding hydrogens is 324 g/mol.